The summed E-state index contributed by atoms with van der Waals surface area (Å²) in [6.45, 7) is 1.21. The number of anilines is 1. The van der Waals surface area contributed by atoms with Crippen LogP contribution in [0.15, 0.2) is 18.2 Å². The average Bonchev–Trinajstić information content (AvgIpc) is 2.30. The molecule has 0 aliphatic carbocycles. The van der Waals surface area contributed by atoms with Crippen molar-refractivity contribution in [3.05, 3.63) is 28.8 Å². The quantitative estimate of drug-likeness (QED) is 0.876. The Morgan fingerprint density at radius 2 is 2.17 bits per heavy atom. The molecule has 1 aromatic carbocycles. The molecule has 0 aromatic heterocycles. The van der Waals surface area contributed by atoms with Crippen LogP contribution in [0.3, 0.4) is 0 Å². The van der Waals surface area contributed by atoms with E-state index in [0.29, 0.717) is 0 Å². The summed E-state index contributed by atoms with van der Waals surface area (Å²) in [5.41, 5.74) is -0.180. The lowest BCUT2D eigenvalue weighted by Crippen LogP contribution is -2.24. The van der Waals surface area contributed by atoms with E-state index in [9.17, 15) is 13.2 Å². The third-order valence-corrected chi connectivity index (χ3v) is 3.98. The lowest BCUT2D eigenvalue weighted by molar-refractivity contribution is 0.0697. The fraction of sp³-hybridized carbons (Fsp3) is 0.200. The first-order valence-electron chi connectivity index (χ1n) is 4.72. The van der Waals surface area contributed by atoms with Crippen molar-refractivity contribution < 1.29 is 18.3 Å². The van der Waals surface area contributed by atoms with E-state index in [4.69, 9.17) is 22.0 Å². The second kappa shape index (κ2) is 5.25. The van der Waals surface area contributed by atoms with Crippen molar-refractivity contribution in [1.29, 1.82) is 5.26 Å². The predicted octanol–water partition coefficient (Wildman–Crippen LogP) is 1.69. The topological polar surface area (TPSA) is 107 Å². The van der Waals surface area contributed by atoms with Crippen LogP contribution in [0.4, 0.5) is 5.69 Å². The van der Waals surface area contributed by atoms with Gasteiger partial charge >= 0.3 is 5.97 Å². The summed E-state index contributed by atoms with van der Waals surface area (Å²) in [4.78, 5) is 10.7. The third-order valence-electron chi connectivity index (χ3n) is 2.11. The maximum absolute atomic E-state index is 11.6. The minimum Gasteiger partial charge on any atom is -0.478 e. The summed E-state index contributed by atoms with van der Waals surface area (Å²) in [5, 5.41) is 16.1. The summed E-state index contributed by atoms with van der Waals surface area (Å²) in [6.07, 6.45) is 0. The van der Waals surface area contributed by atoms with Gasteiger partial charge < -0.3 is 5.11 Å². The fourth-order valence-corrected chi connectivity index (χ4v) is 2.06. The van der Waals surface area contributed by atoms with Crippen LogP contribution in [0.25, 0.3) is 0 Å². The Labute approximate surface area is 109 Å². The molecule has 0 fully saturated rings. The molecule has 0 bridgehead atoms. The number of halogens is 1. The van der Waals surface area contributed by atoms with Gasteiger partial charge in [-0.2, -0.15) is 5.26 Å². The molecule has 8 heteroatoms. The number of benzene rings is 1. The van der Waals surface area contributed by atoms with Crippen molar-refractivity contribution in [2.24, 2.45) is 0 Å². The first kappa shape index (κ1) is 14.3. The van der Waals surface area contributed by atoms with Gasteiger partial charge in [-0.25, -0.2) is 13.2 Å². The van der Waals surface area contributed by atoms with Crippen LogP contribution in [0.2, 0.25) is 5.02 Å². The van der Waals surface area contributed by atoms with Crippen molar-refractivity contribution >= 4 is 33.3 Å². The summed E-state index contributed by atoms with van der Waals surface area (Å²) >= 11 is 5.75. The maximum atomic E-state index is 11.6. The molecule has 0 aliphatic heterocycles. The number of carboxylic acid groups (broad SMARTS) is 1. The van der Waals surface area contributed by atoms with Gasteiger partial charge in [0.2, 0.25) is 10.0 Å². The molecule has 0 heterocycles. The molecule has 6 nitrogen and oxygen atoms in total. The van der Waals surface area contributed by atoms with Crippen molar-refractivity contribution in [3.63, 3.8) is 0 Å². The highest BCUT2D eigenvalue weighted by atomic mass is 35.5. The van der Waals surface area contributed by atoms with Crippen molar-refractivity contribution in [3.8, 4) is 6.07 Å². The molecule has 2 N–H and O–H groups in total. The van der Waals surface area contributed by atoms with Gasteiger partial charge in [0, 0.05) is 0 Å². The Balaban J connectivity index is 3.16. The van der Waals surface area contributed by atoms with Gasteiger partial charge in [-0.05, 0) is 25.1 Å². The largest absolute Gasteiger partial charge is 0.478 e. The van der Waals surface area contributed by atoms with E-state index < -0.39 is 21.2 Å². The number of nitrogens with one attached hydrogen (secondary N) is 1. The van der Waals surface area contributed by atoms with E-state index in [-0.39, 0.29) is 16.3 Å². The number of hydrogen-bond acceptors (Lipinski definition) is 4. The molecule has 96 valence electrons. The van der Waals surface area contributed by atoms with E-state index in [2.05, 4.69) is 4.72 Å². The SMILES string of the molecule is CC(C#N)S(=O)(=O)Nc1cc(C(=O)O)ccc1Cl. The Morgan fingerprint density at radius 1 is 1.56 bits per heavy atom. The summed E-state index contributed by atoms with van der Waals surface area (Å²) in [6, 6.07) is 5.17. The van der Waals surface area contributed by atoms with E-state index in [1.54, 1.807) is 6.07 Å². The lowest BCUT2D eigenvalue weighted by atomic mass is 10.2. The molecule has 1 rings (SSSR count). The molecule has 1 unspecified atom stereocenters. The monoisotopic (exact) mass is 288 g/mol. The summed E-state index contributed by atoms with van der Waals surface area (Å²) in [7, 11) is -3.92. The highest BCUT2D eigenvalue weighted by molar-refractivity contribution is 7.93. The van der Waals surface area contributed by atoms with Crippen LogP contribution in [0.5, 0.6) is 0 Å². The molecule has 1 atom stereocenters. The molecule has 0 saturated carbocycles. The Hall–Kier alpha value is -1.78. The minimum absolute atomic E-state index is 0.0497. The van der Waals surface area contributed by atoms with Gasteiger partial charge in [0.05, 0.1) is 22.3 Å². The second-order valence-corrected chi connectivity index (χ2v) is 5.83. The summed E-state index contributed by atoms with van der Waals surface area (Å²) < 4.78 is 25.3. The van der Waals surface area contributed by atoms with Crippen LogP contribution < -0.4 is 4.72 Å². The number of carboxylic acids is 1. The van der Waals surface area contributed by atoms with Crippen molar-refractivity contribution in [1.82, 2.24) is 0 Å². The Bertz CT molecular complexity index is 621. The maximum Gasteiger partial charge on any atom is 0.335 e. The average molecular weight is 289 g/mol. The number of hydrogen-bond donors (Lipinski definition) is 2. The van der Waals surface area contributed by atoms with Gasteiger partial charge in [-0.15, -0.1) is 0 Å². The van der Waals surface area contributed by atoms with E-state index in [1.165, 1.54) is 19.1 Å². The van der Waals surface area contributed by atoms with Gasteiger partial charge in [0.15, 0.2) is 5.25 Å². The first-order valence-corrected chi connectivity index (χ1v) is 6.64. The normalized spacial score (nSPS) is 12.5. The fourth-order valence-electron chi connectivity index (χ4n) is 1.05. The van der Waals surface area contributed by atoms with Crippen LogP contribution in [0, 0.1) is 11.3 Å². The van der Waals surface area contributed by atoms with Gasteiger partial charge in [-0.1, -0.05) is 11.6 Å². The Kier molecular flexibility index (Phi) is 4.16. The molecular weight excluding hydrogens is 280 g/mol. The smallest absolute Gasteiger partial charge is 0.335 e. The summed E-state index contributed by atoms with van der Waals surface area (Å²) in [5.74, 6) is -1.21. The number of nitriles is 1. The van der Waals surface area contributed by atoms with E-state index in [1.807, 2.05) is 0 Å². The van der Waals surface area contributed by atoms with Crippen LogP contribution >= 0.6 is 11.6 Å². The molecular formula is C10H9ClN2O4S. The molecule has 0 saturated heterocycles. The van der Waals surface area contributed by atoms with Crippen LogP contribution in [-0.2, 0) is 10.0 Å². The van der Waals surface area contributed by atoms with Crippen LogP contribution in [-0.4, -0.2) is 24.7 Å². The van der Waals surface area contributed by atoms with Crippen molar-refractivity contribution in [2.75, 3.05) is 4.72 Å². The minimum atomic E-state index is -3.92. The molecule has 0 aliphatic rings. The number of rotatable bonds is 4. The van der Waals surface area contributed by atoms with Gasteiger partial charge in [0.25, 0.3) is 0 Å². The number of nitrogens with zero attached hydrogens (tertiary/aromatic N) is 1. The van der Waals surface area contributed by atoms with Crippen LogP contribution in [0.1, 0.15) is 17.3 Å². The molecule has 0 spiro atoms. The first-order chi connectivity index (χ1) is 8.27. The molecule has 18 heavy (non-hydrogen) atoms. The predicted molar refractivity (Wildman–Crippen MR) is 66.0 cm³/mol. The van der Waals surface area contributed by atoms with E-state index in [0.717, 1.165) is 6.07 Å². The standard InChI is InChI=1S/C10H9ClN2O4S/c1-6(5-12)18(16,17)13-9-4-7(10(14)15)2-3-8(9)11/h2-4,6,13H,1H3,(H,14,15). The molecule has 1 aromatic rings. The number of carbonyl (C=O) groups is 1. The highest BCUT2D eigenvalue weighted by Crippen LogP contribution is 2.24. The third kappa shape index (κ3) is 3.12. The van der Waals surface area contributed by atoms with E-state index >= 15 is 0 Å². The molecule has 0 radical (unpaired) electrons. The highest BCUT2D eigenvalue weighted by Gasteiger charge is 2.21. The second-order valence-electron chi connectivity index (χ2n) is 3.42. The van der Waals surface area contributed by atoms with Gasteiger partial charge in [-0.3, -0.25) is 4.72 Å². The lowest BCUT2D eigenvalue weighted by Gasteiger charge is -2.11. The zero-order valence-corrected chi connectivity index (χ0v) is 10.8. The Morgan fingerprint density at radius 3 is 2.67 bits per heavy atom. The van der Waals surface area contributed by atoms with Crippen molar-refractivity contribution in [2.45, 2.75) is 12.2 Å². The van der Waals surface area contributed by atoms with Gasteiger partial charge in [0.1, 0.15) is 0 Å². The number of sulfonamides is 1. The zero-order chi connectivity index (χ0) is 13.9. The number of aromatic carboxylic acids is 1. The molecule has 0 amide bonds. The zero-order valence-electron chi connectivity index (χ0n) is 9.21.